The number of aryl methyl sites for hydroxylation is 1. The number of carbonyl (C=O) groups is 1. The first kappa shape index (κ1) is 20.4. The maximum absolute atomic E-state index is 13.1. The van der Waals surface area contributed by atoms with Gasteiger partial charge < -0.3 is 14.2 Å². The Morgan fingerprint density at radius 2 is 1.68 bits per heavy atom. The lowest BCUT2D eigenvalue weighted by molar-refractivity contribution is -0.126. The van der Waals surface area contributed by atoms with Crippen LogP contribution in [0.4, 0.5) is 10.1 Å². The maximum atomic E-state index is 13.1. The van der Waals surface area contributed by atoms with Crippen LogP contribution in [0.3, 0.4) is 0 Å². The second kappa shape index (κ2) is 8.88. The van der Waals surface area contributed by atoms with Crippen molar-refractivity contribution in [2.45, 2.75) is 6.92 Å². The van der Waals surface area contributed by atoms with E-state index in [0.717, 1.165) is 11.3 Å². The van der Waals surface area contributed by atoms with Crippen molar-refractivity contribution in [1.29, 1.82) is 5.26 Å². The monoisotopic (exact) mass is 415 g/mol. The van der Waals surface area contributed by atoms with Gasteiger partial charge in [0.2, 0.25) is 0 Å². The van der Waals surface area contributed by atoms with Gasteiger partial charge in [-0.3, -0.25) is 4.79 Å². The van der Waals surface area contributed by atoms with Gasteiger partial charge in [0.25, 0.3) is 5.91 Å². The number of piperazine rings is 1. The van der Waals surface area contributed by atoms with E-state index < -0.39 is 0 Å². The van der Waals surface area contributed by atoms with Crippen LogP contribution in [0.2, 0.25) is 0 Å². The smallest absolute Gasteiger partial charge is 0.264 e. The van der Waals surface area contributed by atoms with Gasteiger partial charge >= 0.3 is 0 Å². The Hall–Kier alpha value is -3.85. The summed E-state index contributed by atoms with van der Waals surface area (Å²) in [6.07, 6.45) is 1.46. The Morgan fingerprint density at radius 3 is 2.32 bits per heavy atom. The van der Waals surface area contributed by atoms with Crippen molar-refractivity contribution in [3.05, 3.63) is 83.4 Å². The van der Waals surface area contributed by atoms with Crippen LogP contribution in [-0.2, 0) is 4.79 Å². The molecule has 2 aromatic carbocycles. The molecule has 0 unspecified atom stereocenters. The van der Waals surface area contributed by atoms with Crippen molar-refractivity contribution in [3.63, 3.8) is 0 Å². The third kappa shape index (κ3) is 4.67. The predicted molar refractivity (Wildman–Crippen MR) is 118 cm³/mol. The van der Waals surface area contributed by atoms with Gasteiger partial charge in [-0.15, -0.1) is 0 Å². The highest BCUT2D eigenvalue weighted by atomic mass is 19.1. The zero-order valence-electron chi connectivity index (χ0n) is 17.2. The summed E-state index contributed by atoms with van der Waals surface area (Å²) in [5, 5.41) is 9.54. The maximum Gasteiger partial charge on any atom is 0.264 e. The summed E-state index contributed by atoms with van der Waals surface area (Å²) in [7, 11) is 0. The number of halogens is 1. The molecular formula is C25H22FN3O2. The molecule has 5 nitrogen and oxygen atoms in total. The fourth-order valence-electron chi connectivity index (χ4n) is 3.58. The zero-order chi connectivity index (χ0) is 21.8. The molecule has 1 aliphatic rings. The molecule has 4 rings (SSSR count). The highest BCUT2D eigenvalue weighted by Crippen LogP contribution is 2.24. The van der Waals surface area contributed by atoms with Crippen LogP contribution in [0.15, 0.2) is 70.7 Å². The fraction of sp³-hybridized carbons (Fsp3) is 0.200. The number of nitrogens with zero attached hydrogens (tertiary/aromatic N) is 3. The number of hydrogen-bond acceptors (Lipinski definition) is 4. The Balaban J connectivity index is 1.43. The summed E-state index contributed by atoms with van der Waals surface area (Å²) in [6.45, 7) is 4.57. The molecule has 0 aliphatic carbocycles. The van der Waals surface area contributed by atoms with Crippen molar-refractivity contribution in [2.24, 2.45) is 0 Å². The first-order chi connectivity index (χ1) is 15.0. The first-order valence-corrected chi connectivity index (χ1v) is 10.1. The highest BCUT2D eigenvalue weighted by Gasteiger charge is 2.24. The molecular weight excluding hydrogens is 393 g/mol. The van der Waals surface area contributed by atoms with Gasteiger partial charge in [-0.25, -0.2) is 4.39 Å². The van der Waals surface area contributed by atoms with Crippen molar-refractivity contribution in [3.8, 4) is 17.4 Å². The van der Waals surface area contributed by atoms with E-state index in [4.69, 9.17) is 4.42 Å². The quantitative estimate of drug-likeness (QED) is 0.460. The van der Waals surface area contributed by atoms with Crippen molar-refractivity contribution >= 4 is 17.7 Å². The van der Waals surface area contributed by atoms with Crippen molar-refractivity contribution in [1.82, 2.24) is 4.90 Å². The summed E-state index contributed by atoms with van der Waals surface area (Å²) in [5.41, 5.74) is 3.10. The molecule has 0 bridgehead atoms. The van der Waals surface area contributed by atoms with Crippen LogP contribution in [0, 0.1) is 24.1 Å². The van der Waals surface area contributed by atoms with E-state index in [2.05, 4.69) is 36.1 Å². The van der Waals surface area contributed by atoms with E-state index in [0.29, 0.717) is 37.7 Å². The average Bonchev–Trinajstić information content (AvgIpc) is 3.27. The molecule has 1 fully saturated rings. The summed E-state index contributed by atoms with van der Waals surface area (Å²) < 4.78 is 18.8. The average molecular weight is 415 g/mol. The molecule has 0 radical (unpaired) electrons. The Morgan fingerprint density at radius 1 is 1.00 bits per heavy atom. The van der Waals surface area contributed by atoms with Gasteiger partial charge in [0.15, 0.2) is 0 Å². The number of anilines is 1. The lowest BCUT2D eigenvalue weighted by atomic mass is 10.1. The van der Waals surface area contributed by atoms with Crippen molar-refractivity contribution in [2.75, 3.05) is 31.1 Å². The molecule has 1 amide bonds. The second-order valence-electron chi connectivity index (χ2n) is 7.49. The number of rotatable bonds is 4. The first-order valence-electron chi connectivity index (χ1n) is 10.1. The molecule has 156 valence electrons. The summed E-state index contributed by atoms with van der Waals surface area (Å²) in [4.78, 5) is 16.8. The molecule has 31 heavy (non-hydrogen) atoms. The number of benzene rings is 2. The van der Waals surface area contributed by atoms with Gasteiger partial charge in [0, 0.05) is 43.5 Å². The van der Waals surface area contributed by atoms with E-state index in [1.807, 2.05) is 6.07 Å². The van der Waals surface area contributed by atoms with E-state index in [1.54, 1.807) is 29.2 Å². The summed E-state index contributed by atoms with van der Waals surface area (Å²) in [5.74, 6) is 0.325. The molecule has 2 heterocycles. The van der Waals surface area contributed by atoms with E-state index >= 15 is 0 Å². The lowest BCUT2D eigenvalue weighted by Gasteiger charge is -2.36. The van der Waals surface area contributed by atoms with Crippen LogP contribution < -0.4 is 4.90 Å². The molecule has 0 atom stereocenters. The van der Waals surface area contributed by atoms with Crippen LogP contribution in [0.1, 0.15) is 11.3 Å². The Labute approximate surface area is 180 Å². The molecule has 0 N–H and O–H groups in total. The van der Waals surface area contributed by atoms with Crippen molar-refractivity contribution < 1.29 is 13.6 Å². The Bertz CT molecular complexity index is 1130. The number of furan rings is 1. The molecule has 0 saturated carbocycles. The molecule has 1 saturated heterocycles. The molecule has 1 aliphatic heterocycles. The fourth-order valence-corrected chi connectivity index (χ4v) is 3.58. The number of amides is 1. The van der Waals surface area contributed by atoms with Crippen LogP contribution in [0.5, 0.6) is 0 Å². The SMILES string of the molecule is Cc1ccc(N2CCN(C(=O)/C(C#N)=C/c3ccc(-c4ccc(F)cc4)o3)CC2)cc1. The van der Waals surface area contributed by atoms with E-state index in [1.165, 1.54) is 23.8 Å². The largest absolute Gasteiger partial charge is 0.457 e. The second-order valence-corrected chi connectivity index (χ2v) is 7.49. The summed E-state index contributed by atoms with van der Waals surface area (Å²) in [6, 6.07) is 19.7. The molecule has 1 aromatic heterocycles. The lowest BCUT2D eigenvalue weighted by Crippen LogP contribution is -2.49. The van der Waals surface area contributed by atoms with E-state index in [9.17, 15) is 14.4 Å². The minimum atomic E-state index is -0.324. The van der Waals surface area contributed by atoms with Crippen LogP contribution in [0.25, 0.3) is 17.4 Å². The molecule has 0 spiro atoms. The minimum absolute atomic E-state index is 0.0313. The molecule has 3 aromatic rings. The normalized spacial score (nSPS) is 14.4. The summed E-state index contributed by atoms with van der Waals surface area (Å²) >= 11 is 0. The van der Waals surface area contributed by atoms with Gasteiger partial charge in [-0.2, -0.15) is 5.26 Å². The zero-order valence-corrected chi connectivity index (χ0v) is 17.2. The van der Waals surface area contributed by atoms with Gasteiger partial charge in [0.05, 0.1) is 0 Å². The van der Waals surface area contributed by atoms with E-state index in [-0.39, 0.29) is 17.3 Å². The standard InChI is InChI=1S/C25H22FN3O2/c1-18-2-8-22(9-3-18)28-12-14-29(15-13-28)25(30)20(17-27)16-23-10-11-24(31-23)19-4-6-21(26)7-5-19/h2-11,16H,12-15H2,1H3/b20-16+. The van der Waals surface area contributed by atoms with Gasteiger partial charge in [0.1, 0.15) is 29.0 Å². The predicted octanol–water partition coefficient (Wildman–Crippen LogP) is 4.65. The topological polar surface area (TPSA) is 60.5 Å². The van der Waals surface area contributed by atoms with Crippen LogP contribution in [-0.4, -0.2) is 37.0 Å². The minimum Gasteiger partial charge on any atom is -0.457 e. The third-order valence-electron chi connectivity index (χ3n) is 5.36. The number of nitriles is 1. The number of carbonyl (C=O) groups excluding carboxylic acids is 1. The van der Waals surface area contributed by atoms with Crippen LogP contribution >= 0.6 is 0 Å². The number of hydrogen-bond donors (Lipinski definition) is 0. The Kier molecular flexibility index (Phi) is 5.85. The molecule has 6 heteroatoms. The third-order valence-corrected chi connectivity index (χ3v) is 5.36. The highest BCUT2D eigenvalue weighted by molar-refractivity contribution is 6.01. The van der Waals surface area contributed by atoms with Gasteiger partial charge in [-0.1, -0.05) is 17.7 Å². The van der Waals surface area contributed by atoms with Gasteiger partial charge in [-0.05, 0) is 55.5 Å².